The Balaban J connectivity index is 1.40. The van der Waals surface area contributed by atoms with Crippen LogP contribution < -0.4 is 5.32 Å². The molecule has 136 valence electrons. The Hall–Kier alpha value is -1.96. The second-order valence-electron chi connectivity index (χ2n) is 6.49. The molecule has 7 heteroatoms. The van der Waals surface area contributed by atoms with Gasteiger partial charge in [0.25, 0.3) is 5.91 Å². The van der Waals surface area contributed by atoms with Gasteiger partial charge >= 0.3 is 0 Å². The number of thiophene rings is 1. The fourth-order valence-corrected chi connectivity index (χ4v) is 5.25. The van der Waals surface area contributed by atoms with E-state index in [2.05, 4.69) is 21.3 Å². The topological polar surface area (TPSA) is 58.4 Å². The van der Waals surface area contributed by atoms with E-state index in [1.54, 1.807) is 35.2 Å². The van der Waals surface area contributed by atoms with Crippen molar-refractivity contribution in [3.05, 3.63) is 62.1 Å². The van der Waals surface area contributed by atoms with Gasteiger partial charge < -0.3 is 9.73 Å². The van der Waals surface area contributed by atoms with E-state index in [9.17, 15) is 4.79 Å². The molecule has 0 aliphatic carbocycles. The molecule has 1 atom stereocenters. The highest BCUT2D eigenvalue weighted by Crippen LogP contribution is 2.37. The molecule has 3 aromatic heterocycles. The fraction of sp³-hybridized carbons (Fsp3) is 0.368. The highest BCUT2D eigenvalue weighted by molar-refractivity contribution is 7.14. The van der Waals surface area contributed by atoms with E-state index in [-0.39, 0.29) is 5.91 Å². The number of carbonyl (C=O) groups is 1. The van der Waals surface area contributed by atoms with Gasteiger partial charge in [-0.2, -0.15) is 0 Å². The lowest BCUT2D eigenvalue weighted by Crippen LogP contribution is -2.22. The third-order valence-electron chi connectivity index (χ3n) is 4.60. The second-order valence-corrected chi connectivity index (χ2v) is 8.93. The van der Waals surface area contributed by atoms with Crippen molar-refractivity contribution in [2.45, 2.75) is 38.9 Å². The Labute approximate surface area is 160 Å². The zero-order valence-corrected chi connectivity index (χ0v) is 16.2. The van der Waals surface area contributed by atoms with Crippen LogP contribution in [-0.4, -0.2) is 22.3 Å². The standard InChI is InChI=1S/C19H21N3O2S2/c1-13-20-10-15(25-13)11-22-7-2-3-16(22)17-4-5-18(26-17)19(23)21-9-14-6-8-24-12-14/h4-6,8,10,12,16H,2-3,7,9,11H2,1H3,(H,21,23)/t16-/m0/s1. The zero-order chi connectivity index (χ0) is 17.9. The van der Waals surface area contributed by atoms with Gasteiger partial charge in [0.2, 0.25) is 0 Å². The smallest absolute Gasteiger partial charge is 0.261 e. The first kappa shape index (κ1) is 17.5. The van der Waals surface area contributed by atoms with Gasteiger partial charge in [0.05, 0.1) is 22.4 Å². The fourth-order valence-electron chi connectivity index (χ4n) is 3.33. The number of rotatable bonds is 6. The van der Waals surface area contributed by atoms with Crippen molar-refractivity contribution in [2.75, 3.05) is 6.54 Å². The van der Waals surface area contributed by atoms with Crippen molar-refractivity contribution >= 4 is 28.6 Å². The van der Waals surface area contributed by atoms with Crippen molar-refractivity contribution in [2.24, 2.45) is 0 Å². The number of aryl methyl sites for hydroxylation is 1. The van der Waals surface area contributed by atoms with Gasteiger partial charge in [-0.15, -0.1) is 22.7 Å². The highest BCUT2D eigenvalue weighted by atomic mass is 32.1. The molecule has 26 heavy (non-hydrogen) atoms. The summed E-state index contributed by atoms with van der Waals surface area (Å²) in [5, 5.41) is 4.06. The predicted molar refractivity (Wildman–Crippen MR) is 103 cm³/mol. The van der Waals surface area contributed by atoms with E-state index in [0.717, 1.165) is 35.0 Å². The van der Waals surface area contributed by atoms with Crippen LogP contribution in [0.1, 0.15) is 48.9 Å². The molecule has 0 saturated carbocycles. The number of furan rings is 1. The molecule has 0 bridgehead atoms. The SMILES string of the molecule is Cc1ncc(CN2CCC[C@H]2c2ccc(C(=O)NCc3ccoc3)s2)s1. The Bertz CT molecular complexity index is 869. The number of amides is 1. The van der Waals surface area contributed by atoms with Crippen LogP contribution in [-0.2, 0) is 13.1 Å². The maximum atomic E-state index is 12.4. The maximum Gasteiger partial charge on any atom is 0.261 e. The summed E-state index contributed by atoms with van der Waals surface area (Å²) in [5.74, 6) is -0.0231. The van der Waals surface area contributed by atoms with E-state index < -0.39 is 0 Å². The van der Waals surface area contributed by atoms with Crippen molar-refractivity contribution in [3.8, 4) is 0 Å². The van der Waals surface area contributed by atoms with Gasteiger partial charge in [-0.3, -0.25) is 9.69 Å². The molecule has 1 aliphatic heterocycles. The summed E-state index contributed by atoms with van der Waals surface area (Å²) < 4.78 is 5.03. The number of hydrogen-bond acceptors (Lipinski definition) is 6. The molecule has 1 saturated heterocycles. The van der Waals surface area contributed by atoms with Crippen molar-refractivity contribution < 1.29 is 9.21 Å². The van der Waals surface area contributed by atoms with Gasteiger partial charge in [0.1, 0.15) is 0 Å². The van der Waals surface area contributed by atoms with E-state index in [1.807, 2.05) is 25.3 Å². The molecule has 1 amide bonds. The molecule has 1 N–H and O–H groups in total. The summed E-state index contributed by atoms with van der Waals surface area (Å²) in [6.45, 7) is 4.57. The number of carbonyl (C=O) groups excluding carboxylic acids is 1. The predicted octanol–water partition coefficient (Wildman–Crippen LogP) is 4.37. The Morgan fingerprint density at radius 3 is 3.08 bits per heavy atom. The molecule has 0 aromatic carbocycles. The summed E-state index contributed by atoms with van der Waals surface area (Å²) in [6.07, 6.45) is 7.59. The van der Waals surface area contributed by atoms with E-state index in [4.69, 9.17) is 4.42 Å². The van der Waals surface area contributed by atoms with Crippen molar-refractivity contribution in [3.63, 3.8) is 0 Å². The minimum absolute atomic E-state index is 0.0231. The summed E-state index contributed by atoms with van der Waals surface area (Å²) in [6, 6.07) is 6.31. The quantitative estimate of drug-likeness (QED) is 0.682. The number of hydrogen-bond donors (Lipinski definition) is 1. The second kappa shape index (κ2) is 7.73. The third kappa shape index (κ3) is 3.90. The van der Waals surface area contributed by atoms with Crippen molar-refractivity contribution in [1.82, 2.24) is 15.2 Å². The van der Waals surface area contributed by atoms with Crippen LogP contribution in [0.25, 0.3) is 0 Å². The first-order valence-electron chi connectivity index (χ1n) is 8.73. The lowest BCUT2D eigenvalue weighted by Gasteiger charge is -2.22. The molecule has 0 radical (unpaired) electrons. The van der Waals surface area contributed by atoms with Crippen LogP contribution >= 0.6 is 22.7 Å². The summed E-state index contributed by atoms with van der Waals surface area (Å²) in [4.78, 5) is 22.6. The number of nitrogens with zero attached hydrogens (tertiary/aromatic N) is 2. The Morgan fingerprint density at radius 2 is 2.31 bits per heavy atom. The number of aromatic nitrogens is 1. The van der Waals surface area contributed by atoms with Crippen LogP contribution in [0.15, 0.2) is 41.3 Å². The molecule has 4 rings (SSSR count). The lowest BCUT2D eigenvalue weighted by atomic mass is 10.2. The molecular weight excluding hydrogens is 366 g/mol. The molecule has 1 fully saturated rings. The summed E-state index contributed by atoms with van der Waals surface area (Å²) in [7, 11) is 0. The van der Waals surface area contributed by atoms with Gasteiger partial charge in [0, 0.05) is 40.6 Å². The zero-order valence-electron chi connectivity index (χ0n) is 14.6. The number of likely N-dealkylation sites (tertiary alicyclic amines) is 1. The lowest BCUT2D eigenvalue weighted by molar-refractivity contribution is 0.0955. The highest BCUT2D eigenvalue weighted by Gasteiger charge is 2.28. The molecule has 1 aliphatic rings. The van der Waals surface area contributed by atoms with Crippen molar-refractivity contribution in [1.29, 1.82) is 0 Å². The summed E-state index contributed by atoms with van der Waals surface area (Å²) in [5.41, 5.74) is 0.969. The van der Waals surface area contributed by atoms with Crippen LogP contribution in [0.4, 0.5) is 0 Å². The average molecular weight is 388 g/mol. The van der Waals surface area contributed by atoms with Crippen LogP contribution in [0.3, 0.4) is 0 Å². The van der Waals surface area contributed by atoms with Gasteiger partial charge in [-0.05, 0) is 44.5 Å². The van der Waals surface area contributed by atoms with Crippen LogP contribution in [0.2, 0.25) is 0 Å². The van der Waals surface area contributed by atoms with Gasteiger partial charge in [-0.1, -0.05) is 0 Å². The third-order valence-corrected chi connectivity index (χ3v) is 6.69. The molecule has 0 spiro atoms. The molecule has 3 aromatic rings. The first-order chi connectivity index (χ1) is 12.7. The van der Waals surface area contributed by atoms with E-state index in [0.29, 0.717) is 12.6 Å². The Kier molecular flexibility index (Phi) is 5.19. The molecule has 0 unspecified atom stereocenters. The van der Waals surface area contributed by atoms with Crippen LogP contribution in [0, 0.1) is 6.92 Å². The monoisotopic (exact) mass is 387 g/mol. The molecule has 4 heterocycles. The maximum absolute atomic E-state index is 12.4. The first-order valence-corrected chi connectivity index (χ1v) is 10.4. The molecular formula is C19H21N3O2S2. The minimum Gasteiger partial charge on any atom is -0.472 e. The van der Waals surface area contributed by atoms with E-state index in [1.165, 1.54) is 16.2 Å². The Morgan fingerprint density at radius 1 is 1.38 bits per heavy atom. The normalized spacial score (nSPS) is 17.7. The summed E-state index contributed by atoms with van der Waals surface area (Å²) >= 11 is 3.37. The average Bonchev–Trinajstić information content (AvgIpc) is 3.41. The minimum atomic E-state index is -0.0231. The largest absolute Gasteiger partial charge is 0.472 e. The van der Waals surface area contributed by atoms with Gasteiger partial charge in [-0.25, -0.2) is 4.98 Å². The van der Waals surface area contributed by atoms with Crippen LogP contribution in [0.5, 0.6) is 0 Å². The van der Waals surface area contributed by atoms with E-state index >= 15 is 0 Å². The molecule has 5 nitrogen and oxygen atoms in total. The van der Waals surface area contributed by atoms with Gasteiger partial charge in [0.15, 0.2) is 0 Å². The number of nitrogens with one attached hydrogen (secondary N) is 1. The number of thiazole rings is 1.